The Balaban J connectivity index is 0.00000338. The summed E-state index contributed by atoms with van der Waals surface area (Å²) >= 11 is 0. The van der Waals surface area contributed by atoms with E-state index in [0.717, 1.165) is 31.9 Å². The molecular formula is C18H31IN4O2S. The number of guanidine groups is 1. The van der Waals surface area contributed by atoms with Gasteiger partial charge in [-0.05, 0) is 31.2 Å². The number of hydrogen-bond acceptors (Lipinski definition) is 3. The third kappa shape index (κ3) is 8.22. The van der Waals surface area contributed by atoms with E-state index in [4.69, 9.17) is 0 Å². The Morgan fingerprint density at radius 2 is 1.96 bits per heavy atom. The van der Waals surface area contributed by atoms with Crippen molar-refractivity contribution in [3.05, 3.63) is 35.9 Å². The molecule has 26 heavy (non-hydrogen) atoms. The topological polar surface area (TPSA) is 73.8 Å². The van der Waals surface area contributed by atoms with E-state index in [-0.39, 0.29) is 36.3 Å². The monoisotopic (exact) mass is 494 g/mol. The molecule has 2 N–H and O–H groups in total. The van der Waals surface area contributed by atoms with Gasteiger partial charge in [0, 0.05) is 26.7 Å². The summed E-state index contributed by atoms with van der Waals surface area (Å²) in [5.41, 5.74) is 1.19. The van der Waals surface area contributed by atoms with Gasteiger partial charge in [-0.3, -0.25) is 4.99 Å². The molecule has 0 radical (unpaired) electrons. The highest BCUT2D eigenvalue weighted by molar-refractivity contribution is 14.0. The molecule has 0 atom stereocenters. The fourth-order valence-corrected chi connectivity index (χ4v) is 3.65. The molecule has 1 aromatic rings. The van der Waals surface area contributed by atoms with Gasteiger partial charge >= 0.3 is 0 Å². The number of nitrogens with zero attached hydrogens (tertiary/aromatic N) is 2. The average molecular weight is 494 g/mol. The van der Waals surface area contributed by atoms with Crippen molar-refractivity contribution in [2.75, 3.05) is 32.4 Å². The fourth-order valence-electron chi connectivity index (χ4n) is 2.69. The van der Waals surface area contributed by atoms with Gasteiger partial charge in [-0.2, -0.15) is 0 Å². The molecule has 1 fully saturated rings. The zero-order chi connectivity index (χ0) is 18.1. The second-order valence-corrected chi connectivity index (χ2v) is 8.47. The van der Waals surface area contributed by atoms with Gasteiger partial charge in [0.15, 0.2) is 5.96 Å². The molecule has 0 spiro atoms. The minimum atomic E-state index is -3.25. The lowest BCUT2D eigenvalue weighted by molar-refractivity contribution is 0.316. The molecule has 0 unspecified atom stereocenters. The molecule has 0 heterocycles. The molecule has 2 rings (SSSR count). The predicted octanol–water partition coefficient (Wildman–Crippen LogP) is 2.42. The number of sulfonamides is 1. The third-order valence-electron chi connectivity index (χ3n) is 4.40. The zero-order valence-corrected chi connectivity index (χ0v) is 18.8. The van der Waals surface area contributed by atoms with Crippen molar-refractivity contribution in [3.8, 4) is 0 Å². The molecule has 0 bridgehead atoms. The molecule has 0 amide bonds. The van der Waals surface area contributed by atoms with E-state index in [2.05, 4.69) is 27.2 Å². The van der Waals surface area contributed by atoms with Gasteiger partial charge in [-0.25, -0.2) is 13.1 Å². The first-order valence-electron chi connectivity index (χ1n) is 9.01. The second kappa shape index (κ2) is 11.8. The standard InChI is InChI=1S/C18H30N4O2S.HI/c1-3-19-18(22(2)15-17-8-5-4-6-9-17)20-12-13-25(23,24)21-14-16-10-7-11-16;/h4-6,8-9,16,21H,3,7,10-15H2,1-2H3,(H,19,20);1H. The van der Waals surface area contributed by atoms with Crippen molar-refractivity contribution >= 4 is 40.0 Å². The Kier molecular flexibility index (Phi) is 10.5. The van der Waals surface area contributed by atoms with E-state index in [1.54, 1.807) is 0 Å². The highest BCUT2D eigenvalue weighted by Gasteiger charge is 2.20. The zero-order valence-electron chi connectivity index (χ0n) is 15.6. The fraction of sp³-hybridized carbons (Fsp3) is 0.611. The van der Waals surface area contributed by atoms with Crippen LogP contribution < -0.4 is 10.0 Å². The van der Waals surface area contributed by atoms with Crippen LogP contribution in [0.1, 0.15) is 31.7 Å². The van der Waals surface area contributed by atoms with Gasteiger partial charge in [0.1, 0.15) is 0 Å². The Hall–Kier alpha value is -0.870. The molecule has 0 aromatic heterocycles. The molecule has 0 aliphatic heterocycles. The van der Waals surface area contributed by atoms with Gasteiger partial charge in [-0.1, -0.05) is 36.8 Å². The molecule has 1 saturated carbocycles. The van der Waals surface area contributed by atoms with Crippen molar-refractivity contribution in [2.24, 2.45) is 10.9 Å². The molecule has 8 heteroatoms. The Morgan fingerprint density at radius 1 is 1.27 bits per heavy atom. The van der Waals surface area contributed by atoms with E-state index in [1.807, 2.05) is 37.1 Å². The molecule has 148 valence electrons. The summed E-state index contributed by atoms with van der Waals surface area (Å²) in [6, 6.07) is 10.1. The van der Waals surface area contributed by atoms with Crippen LogP contribution >= 0.6 is 24.0 Å². The molecule has 1 aromatic carbocycles. The number of benzene rings is 1. The maximum absolute atomic E-state index is 12.1. The minimum absolute atomic E-state index is 0. The van der Waals surface area contributed by atoms with Crippen LogP contribution in [0.4, 0.5) is 0 Å². The van der Waals surface area contributed by atoms with E-state index in [9.17, 15) is 8.42 Å². The van der Waals surface area contributed by atoms with Crippen molar-refractivity contribution in [2.45, 2.75) is 32.7 Å². The highest BCUT2D eigenvalue weighted by Crippen LogP contribution is 2.25. The molecule has 0 saturated heterocycles. The van der Waals surface area contributed by atoms with Crippen LogP contribution in [-0.2, 0) is 16.6 Å². The summed E-state index contributed by atoms with van der Waals surface area (Å²) in [6.07, 6.45) is 3.49. The summed E-state index contributed by atoms with van der Waals surface area (Å²) in [6.45, 7) is 4.29. The van der Waals surface area contributed by atoms with Crippen LogP contribution in [0.25, 0.3) is 0 Å². The van der Waals surface area contributed by atoms with Crippen molar-refractivity contribution in [1.82, 2.24) is 14.9 Å². The predicted molar refractivity (Wildman–Crippen MR) is 118 cm³/mol. The van der Waals surface area contributed by atoms with Gasteiger partial charge in [0.25, 0.3) is 0 Å². The average Bonchev–Trinajstić information content (AvgIpc) is 2.53. The second-order valence-electron chi connectivity index (χ2n) is 6.54. The largest absolute Gasteiger partial charge is 0.357 e. The normalized spacial score (nSPS) is 15.1. The first-order chi connectivity index (χ1) is 12.0. The maximum Gasteiger partial charge on any atom is 0.213 e. The lowest BCUT2D eigenvalue weighted by atomic mass is 9.86. The summed E-state index contributed by atoms with van der Waals surface area (Å²) < 4.78 is 26.8. The maximum atomic E-state index is 12.1. The first-order valence-corrected chi connectivity index (χ1v) is 10.7. The lowest BCUT2D eigenvalue weighted by Crippen LogP contribution is -2.39. The lowest BCUT2D eigenvalue weighted by Gasteiger charge is -2.25. The SMILES string of the molecule is CCNC(=NCCS(=O)(=O)NCC1CCC1)N(C)Cc1ccccc1.I. The van der Waals surface area contributed by atoms with E-state index >= 15 is 0 Å². The minimum Gasteiger partial charge on any atom is -0.357 e. The summed E-state index contributed by atoms with van der Waals surface area (Å²) in [5, 5.41) is 3.22. The van der Waals surface area contributed by atoms with Crippen molar-refractivity contribution in [3.63, 3.8) is 0 Å². The summed E-state index contributed by atoms with van der Waals surface area (Å²) in [5.74, 6) is 1.27. The number of aliphatic imine (C=N–C) groups is 1. The van der Waals surface area contributed by atoms with Crippen LogP contribution in [0.15, 0.2) is 35.3 Å². The van der Waals surface area contributed by atoms with Crippen molar-refractivity contribution in [1.29, 1.82) is 0 Å². The van der Waals surface area contributed by atoms with Gasteiger partial charge < -0.3 is 10.2 Å². The molecular weight excluding hydrogens is 463 g/mol. The van der Waals surface area contributed by atoms with Crippen molar-refractivity contribution < 1.29 is 8.42 Å². The Labute approximate surface area is 174 Å². The highest BCUT2D eigenvalue weighted by atomic mass is 127. The van der Waals surface area contributed by atoms with Crippen LogP contribution in [0.2, 0.25) is 0 Å². The molecule has 1 aliphatic rings. The van der Waals surface area contributed by atoms with Crippen LogP contribution in [-0.4, -0.2) is 51.7 Å². The first kappa shape index (κ1) is 23.2. The Bertz CT molecular complexity index is 648. The van der Waals surface area contributed by atoms with E-state index < -0.39 is 10.0 Å². The quantitative estimate of drug-likeness (QED) is 0.314. The van der Waals surface area contributed by atoms with Gasteiger partial charge in [-0.15, -0.1) is 24.0 Å². The number of halogens is 1. The van der Waals surface area contributed by atoms with Crippen LogP contribution in [0.5, 0.6) is 0 Å². The van der Waals surface area contributed by atoms with Gasteiger partial charge in [0.05, 0.1) is 12.3 Å². The number of hydrogen-bond donors (Lipinski definition) is 2. The third-order valence-corrected chi connectivity index (χ3v) is 5.72. The molecule has 6 nitrogen and oxygen atoms in total. The van der Waals surface area contributed by atoms with Crippen LogP contribution in [0, 0.1) is 5.92 Å². The summed E-state index contributed by atoms with van der Waals surface area (Å²) in [4.78, 5) is 6.48. The van der Waals surface area contributed by atoms with Crippen LogP contribution in [0.3, 0.4) is 0 Å². The van der Waals surface area contributed by atoms with E-state index in [1.165, 1.54) is 12.0 Å². The number of rotatable bonds is 9. The molecule has 1 aliphatic carbocycles. The Morgan fingerprint density at radius 3 is 2.54 bits per heavy atom. The smallest absolute Gasteiger partial charge is 0.213 e. The van der Waals surface area contributed by atoms with Gasteiger partial charge in [0.2, 0.25) is 10.0 Å². The summed E-state index contributed by atoms with van der Waals surface area (Å²) in [7, 11) is -1.30. The van der Waals surface area contributed by atoms with E-state index in [0.29, 0.717) is 12.5 Å². The number of nitrogens with one attached hydrogen (secondary N) is 2.